The third kappa shape index (κ3) is 6.49. The maximum Gasteiger partial charge on any atom is 0.416 e. The first kappa shape index (κ1) is 30.9. The summed E-state index contributed by atoms with van der Waals surface area (Å²) in [4.78, 5) is 38.6. The van der Waals surface area contributed by atoms with Crippen LogP contribution in [-0.4, -0.2) is 53.3 Å². The van der Waals surface area contributed by atoms with Crippen molar-refractivity contribution in [1.82, 2.24) is 14.9 Å². The van der Waals surface area contributed by atoms with Crippen LogP contribution in [0.5, 0.6) is 0 Å². The van der Waals surface area contributed by atoms with Crippen LogP contribution in [0, 0.1) is 5.92 Å². The molecule has 1 aromatic heterocycles. The first-order chi connectivity index (χ1) is 21.1. The Hall–Kier alpha value is -4.14. The van der Waals surface area contributed by atoms with Crippen LogP contribution in [0.2, 0.25) is 0 Å². The molecule has 0 saturated heterocycles. The van der Waals surface area contributed by atoms with Gasteiger partial charge in [0.05, 0.1) is 28.5 Å². The Kier molecular flexibility index (Phi) is 7.57. The lowest BCUT2D eigenvalue weighted by Gasteiger charge is -2.37. The van der Waals surface area contributed by atoms with Crippen molar-refractivity contribution in [3.63, 3.8) is 0 Å². The molecule has 6 rings (SSSR count). The zero-order valence-electron chi connectivity index (χ0n) is 23.9. The second kappa shape index (κ2) is 11.0. The van der Waals surface area contributed by atoms with E-state index in [4.69, 9.17) is 0 Å². The van der Waals surface area contributed by atoms with Crippen LogP contribution in [0.3, 0.4) is 0 Å². The van der Waals surface area contributed by atoms with E-state index in [1.807, 2.05) is 4.90 Å². The molecule has 0 bridgehead atoms. The fourth-order valence-electron chi connectivity index (χ4n) is 5.71. The minimum atomic E-state index is -4.44. The molecular formula is C30H28F5N5O4S. The van der Waals surface area contributed by atoms with Crippen molar-refractivity contribution in [3.05, 3.63) is 77.1 Å². The van der Waals surface area contributed by atoms with E-state index in [0.29, 0.717) is 22.6 Å². The molecule has 2 fully saturated rings. The molecule has 1 N–H and O–H groups in total. The molecule has 1 aliphatic heterocycles. The molecular weight excluding hydrogens is 621 g/mol. The van der Waals surface area contributed by atoms with Gasteiger partial charge in [0.25, 0.3) is 5.91 Å². The quantitative estimate of drug-likeness (QED) is 0.337. The smallest absolute Gasteiger partial charge is 0.334 e. The van der Waals surface area contributed by atoms with Crippen molar-refractivity contribution < 1.29 is 40.0 Å². The Morgan fingerprint density at radius 1 is 1.04 bits per heavy atom. The summed E-state index contributed by atoms with van der Waals surface area (Å²) in [5.74, 6) is -4.86. The number of alkyl halides is 5. The van der Waals surface area contributed by atoms with Crippen LogP contribution < -0.4 is 10.2 Å². The molecule has 15 heteroatoms. The molecule has 0 radical (unpaired) electrons. The van der Waals surface area contributed by atoms with Gasteiger partial charge in [0.15, 0.2) is 9.84 Å². The van der Waals surface area contributed by atoms with E-state index < -0.39 is 64.1 Å². The van der Waals surface area contributed by atoms with Gasteiger partial charge in [0.2, 0.25) is 17.8 Å². The van der Waals surface area contributed by atoms with E-state index in [1.165, 1.54) is 47.6 Å². The number of hydrogen-bond donors (Lipinski definition) is 1. The van der Waals surface area contributed by atoms with Gasteiger partial charge in [0.1, 0.15) is 6.04 Å². The highest BCUT2D eigenvalue weighted by molar-refractivity contribution is 7.90. The molecule has 2 saturated carbocycles. The lowest BCUT2D eigenvalue weighted by molar-refractivity contribution is -0.163. The fourth-order valence-corrected chi connectivity index (χ4v) is 6.38. The van der Waals surface area contributed by atoms with E-state index in [-0.39, 0.29) is 29.7 Å². The Morgan fingerprint density at radius 2 is 1.69 bits per heavy atom. The molecule has 0 spiro atoms. The van der Waals surface area contributed by atoms with E-state index in [9.17, 15) is 40.0 Å². The highest BCUT2D eigenvalue weighted by Crippen LogP contribution is 2.46. The number of sulfone groups is 1. The lowest BCUT2D eigenvalue weighted by Crippen LogP contribution is -2.47. The maximum atomic E-state index is 13.6. The summed E-state index contributed by atoms with van der Waals surface area (Å²) in [6, 6.07) is 7.94. The lowest BCUT2D eigenvalue weighted by atomic mass is 9.80. The number of rotatable bonds is 8. The van der Waals surface area contributed by atoms with Gasteiger partial charge in [-0.2, -0.15) is 13.2 Å². The molecule has 238 valence electrons. The third-order valence-electron chi connectivity index (χ3n) is 8.24. The van der Waals surface area contributed by atoms with Crippen molar-refractivity contribution in [2.24, 2.45) is 5.92 Å². The zero-order valence-corrected chi connectivity index (χ0v) is 24.7. The normalized spacial score (nSPS) is 19.5. The highest BCUT2D eigenvalue weighted by atomic mass is 32.2. The van der Waals surface area contributed by atoms with Crippen LogP contribution in [0.1, 0.15) is 54.0 Å². The number of amides is 2. The van der Waals surface area contributed by atoms with E-state index >= 15 is 0 Å². The zero-order chi connectivity index (χ0) is 32.3. The average molecular weight is 650 g/mol. The summed E-state index contributed by atoms with van der Waals surface area (Å²) in [5.41, 5.74) is 0.898. The minimum Gasteiger partial charge on any atom is -0.334 e. The van der Waals surface area contributed by atoms with Crippen molar-refractivity contribution in [1.29, 1.82) is 0 Å². The highest BCUT2D eigenvalue weighted by Gasteiger charge is 2.52. The number of fused-ring (bicyclic) bond motifs is 1. The van der Waals surface area contributed by atoms with Crippen LogP contribution >= 0.6 is 0 Å². The van der Waals surface area contributed by atoms with Crippen molar-refractivity contribution >= 4 is 33.3 Å². The van der Waals surface area contributed by atoms with Crippen LogP contribution in [0.25, 0.3) is 0 Å². The van der Waals surface area contributed by atoms with Gasteiger partial charge < -0.3 is 15.1 Å². The van der Waals surface area contributed by atoms with Gasteiger partial charge in [-0.15, -0.1) is 0 Å². The Morgan fingerprint density at radius 3 is 2.24 bits per heavy atom. The van der Waals surface area contributed by atoms with Crippen molar-refractivity contribution in [3.8, 4) is 0 Å². The third-order valence-corrected chi connectivity index (χ3v) is 9.35. The predicted molar refractivity (Wildman–Crippen MR) is 152 cm³/mol. The van der Waals surface area contributed by atoms with Crippen molar-refractivity contribution in [2.75, 3.05) is 16.5 Å². The van der Waals surface area contributed by atoms with Gasteiger partial charge in [-0.3, -0.25) is 9.59 Å². The van der Waals surface area contributed by atoms with Crippen LogP contribution in [0.4, 0.5) is 33.6 Å². The fraction of sp³-hybridized carbons (Fsp3) is 0.400. The van der Waals surface area contributed by atoms with Gasteiger partial charge in [-0.25, -0.2) is 27.2 Å². The van der Waals surface area contributed by atoms with Gasteiger partial charge >= 0.3 is 6.18 Å². The number of aromatic nitrogens is 2. The first-order valence-electron chi connectivity index (χ1n) is 14.2. The molecule has 2 heterocycles. The van der Waals surface area contributed by atoms with Gasteiger partial charge in [-0.1, -0.05) is 18.2 Å². The van der Waals surface area contributed by atoms with E-state index in [1.54, 1.807) is 0 Å². The summed E-state index contributed by atoms with van der Waals surface area (Å²) in [6.45, 7) is 0.160. The number of anilines is 2. The first-order valence-corrected chi connectivity index (χ1v) is 16.0. The van der Waals surface area contributed by atoms with Gasteiger partial charge in [-0.05, 0) is 53.8 Å². The number of hydrogen-bond acceptors (Lipinski definition) is 7. The Labute approximate surface area is 255 Å². The summed E-state index contributed by atoms with van der Waals surface area (Å²) < 4.78 is 90.2. The van der Waals surface area contributed by atoms with Crippen LogP contribution in [0.15, 0.2) is 59.8 Å². The molecule has 9 nitrogen and oxygen atoms in total. The average Bonchev–Trinajstić information content (AvgIpc) is 3.72. The summed E-state index contributed by atoms with van der Waals surface area (Å²) >= 11 is 0. The summed E-state index contributed by atoms with van der Waals surface area (Å²) in [6.07, 6.45) is -0.198. The summed E-state index contributed by atoms with van der Waals surface area (Å²) in [7, 11) is -3.58. The number of halogens is 5. The molecule has 45 heavy (non-hydrogen) atoms. The largest absolute Gasteiger partial charge is 0.416 e. The van der Waals surface area contributed by atoms with E-state index in [2.05, 4.69) is 15.3 Å². The SMILES string of the molecule is CS(=O)(=O)c1ccc2c(c1)CN(C(=O)C1CC(F)(F)C1)[C@H]2C(=O)Nc1cnc(N(Cc2ccc(C(F)(F)F)cc2)C2CC2)nc1. The number of carbonyl (C=O) groups excluding carboxylic acids is 2. The topological polar surface area (TPSA) is 113 Å². The molecule has 3 aromatic rings. The Balaban J connectivity index is 1.20. The number of nitrogens with one attached hydrogen (secondary N) is 1. The van der Waals surface area contributed by atoms with Crippen LogP contribution in [-0.2, 0) is 38.7 Å². The maximum absolute atomic E-state index is 13.6. The van der Waals surface area contributed by atoms with Gasteiger partial charge in [0, 0.05) is 44.1 Å². The monoisotopic (exact) mass is 649 g/mol. The molecule has 1 atom stereocenters. The molecule has 2 aliphatic carbocycles. The molecule has 3 aliphatic rings. The molecule has 0 unspecified atom stereocenters. The second-order valence-corrected chi connectivity index (χ2v) is 13.8. The Bertz CT molecular complexity index is 1740. The molecule has 2 amide bonds. The number of benzene rings is 2. The number of nitrogens with zero attached hydrogens (tertiary/aromatic N) is 4. The van der Waals surface area contributed by atoms with E-state index in [0.717, 1.165) is 31.2 Å². The second-order valence-electron chi connectivity index (χ2n) is 11.8. The number of carbonyl (C=O) groups is 2. The summed E-state index contributed by atoms with van der Waals surface area (Å²) in [5, 5.41) is 2.68. The predicted octanol–water partition coefficient (Wildman–Crippen LogP) is 5.14. The van der Waals surface area contributed by atoms with Crippen molar-refractivity contribution in [2.45, 2.75) is 67.9 Å². The standard InChI is InChI=1S/C30H28F5N5O4S/c1-45(43,44)23-8-9-24-18(10-23)16-40(27(42)19-11-29(31,32)12-19)25(24)26(41)38-21-13-36-28(37-14-21)39(22-6-7-22)15-17-2-4-20(5-3-17)30(33,34)35/h2-5,8-10,13-14,19,22,25H,6-7,11-12,15-16H2,1H3,(H,38,41)/t25-/m1/s1. The molecule has 2 aromatic carbocycles. The minimum absolute atomic E-state index is 0.00499.